The molecule has 0 aromatic carbocycles. The van der Waals surface area contributed by atoms with Gasteiger partial charge in [-0.2, -0.15) is 0 Å². The highest BCUT2D eigenvalue weighted by Gasteiger charge is 2.83. The molecule has 288 valence electrons. The summed E-state index contributed by atoms with van der Waals surface area (Å²) >= 11 is 0. The Morgan fingerprint density at radius 1 is 0.232 bits per heavy atom. The Kier molecular flexibility index (Phi) is 6.13. The summed E-state index contributed by atoms with van der Waals surface area (Å²) in [4.78, 5) is 0. The van der Waals surface area contributed by atoms with Crippen LogP contribution in [0.25, 0.3) is 0 Å². The summed E-state index contributed by atoms with van der Waals surface area (Å²) in [6.45, 7) is 0. The molecular formula is C56H64. The van der Waals surface area contributed by atoms with Crippen molar-refractivity contribution in [2.24, 2.45) is 178 Å². The zero-order valence-corrected chi connectivity index (χ0v) is 33.4. The molecule has 0 aromatic rings. The van der Waals surface area contributed by atoms with Gasteiger partial charge in [0.05, 0.1) is 0 Å². The van der Waals surface area contributed by atoms with E-state index in [-0.39, 0.29) is 0 Å². The second-order valence-corrected chi connectivity index (χ2v) is 24.0. The summed E-state index contributed by atoms with van der Waals surface area (Å²) in [6, 6.07) is 0. The molecule has 26 bridgehead atoms. The van der Waals surface area contributed by atoms with E-state index in [4.69, 9.17) is 0 Å². The summed E-state index contributed by atoms with van der Waals surface area (Å²) in [7, 11) is 0. The van der Waals surface area contributed by atoms with Crippen molar-refractivity contribution in [3.63, 3.8) is 0 Å². The van der Waals surface area contributed by atoms with E-state index >= 15 is 0 Å². The Morgan fingerprint density at radius 2 is 0.536 bits per heavy atom. The van der Waals surface area contributed by atoms with E-state index in [0.717, 1.165) is 71.5 Å². The topological polar surface area (TPSA) is 0 Å². The number of rotatable bonds is 0. The standard InChI is InChI=1S/2C14H16.C9H10.2C7H8.C5H6/c2*1-2-6-3-5(1)9-10(6)12-7-4-8-13(11(7)9)14(8)12;1-2-5-6-3-7-8(4(1)6)9(5)7;2*1-2-7-4-3-6(1)5-7;1-2-4-5-3-1/h2*1-2,5-14H,3-4H2;1-2,4-9H,3H2;2*1-4,6-7H,5H2;1-4H,5H2. The van der Waals surface area contributed by atoms with Gasteiger partial charge in [-0.05, 0) is 229 Å². The third-order valence-electron chi connectivity index (χ3n) is 22.8. The van der Waals surface area contributed by atoms with Crippen LogP contribution in [0.15, 0.2) is 109 Å². The van der Waals surface area contributed by atoms with Crippen LogP contribution in [0.3, 0.4) is 0 Å². The maximum absolute atomic E-state index is 2.58. The molecule has 0 N–H and O–H groups in total. The van der Waals surface area contributed by atoms with Crippen molar-refractivity contribution in [2.45, 2.75) is 51.4 Å². The van der Waals surface area contributed by atoms with E-state index in [2.05, 4.69) is 109 Å². The van der Waals surface area contributed by atoms with Crippen molar-refractivity contribution < 1.29 is 0 Å². The van der Waals surface area contributed by atoms with Crippen molar-refractivity contribution in [2.75, 3.05) is 0 Å². The molecule has 24 rings (SSSR count). The molecule has 24 aliphatic carbocycles. The normalized spacial score (nSPS) is 66.4. The third kappa shape index (κ3) is 3.93. The molecule has 0 spiro atoms. The lowest BCUT2D eigenvalue weighted by atomic mass is 9.73. The molecule has 0 aliphatic heterocycles. The first-order valence-electron chi connectivity index (χ1n) is 24.9. The predicted molar refractivity (Wildman–Crippen MR) is 224 cm³/mol. The molecule has 16 fully saturated rings. The van der Waals surface area contributed by atoms with Crippen LogP contribution in [0.5, 0.6) is 0 Å². The minimum Gasteiger partial charge on any atom is -0.0848 e. The van der Waals surface area contributed by atoms with Crippen LogP contribution in [-0.2, 0) is 0 Å². The quantitative estimate of drug-likeness (QED) is 0.217. The van der Waals surface area contributed by atoms with Gasteiger partial charge >= 0.3 is 0 Å². The number of hydrogen-bond donors (Lipinski definition) is 0. The van der Waals surface area contributed by atoms with E-state index in [1.807, 2.05) is 0 Å². The average Bonchev–Trinajstić information content (AvgIpc) is 4.10. The minimum absolute atomic E-state index is 0.810. The van der Waals surface area contributed by atoms with Gasteiger partial charge in [-0.25, -0.2) is 0 Å². The second-order valence-electron chi connectivity index (χ2n) is 24.0. The van der Waals surface area contributed by atoms with Gasteiger partial charge in [0.25, 0.3) is 0 Å². The fourth-order valence-corrected chi connectivity index (χ4v) is 21.8. The van der Waals surface area contributed by atoms with Crippen LogP contribution in [0.1, 0.15) is 51.4 Å². The zero-order chi connectivity index (χ0) is 35.7. The molecule has 0 saturated heterocycles. The van der Waals surface area contributed by atoms with Gasteiger partial charge in [0, 0.05) is 0 Å². The monoisotopic (exact) mass is 737 g/mol. The summed E-state index contributed by atoms with van der Waals surface area (Å²) < 4.78 is 0. The highest BCUT2D eigenvalue weighted by atomic mass is 14.9. The first-order chi connectivity index (χ1) is 27.8. The molecule has 0 heterocycles. The number of allylic oxidation sites excluding steroid dienone is 18. The third-order valence-corrected chi connectivity index (χ3v) is 22.8. The molecule has 24 aliphatic rings. The highest BCUT2D eigenvalue weighted by molar-refractivity contribution is 5.35. The summed E-state index contributed by atoms with van der Waals surface area (Å²) in [5.74, 6) is 34.0. The maximum atomic E-state index is 2.58. The van der Waals surface area contributed by atoms with Crippen LogP contribution >= 0.6 is 0 Å². The van der Waals surface area contributed by atoms with E-state index in [0.29, 0.717) is 0 Å². The van der Waals surface area contributed by atoms with Crippen LogP contribution in [0.4, 0.5) is 0 Å². The summed E-state index contributed by atoms with van der Waals surface area (Å²) in [5.41, 5.74) is 0. The van der Waals surface area contributed by atoms with Crippen LogP contribution in [0, 0.1) is 178 Å². The van der Waals surface area contributed by atoms with Crippen molar-refractivity contribution in [3.05, 3.63) is 109 Å². The van der Waals surface area contributed by atoms with Crippen LogP contribution in [-0.4, -0.2) is 0 Å². The maximum Gasteiger partial charge on any atom is -0.00445 e. The van der Waals surface area contributed by atoms with Gasteiger partial charge in [0.15, 0.2) is 0 Å². The lowest BCUT2D eigenvalue weighted by molar-refractivity contribution is 0.196. The Morgan fingerprint density at radius 3 is 0.750 bits per heavy atom. The Labute approximate surface area is 337 Å². The van der Waals surface area contributed by atoms with Crippen molar-refractivity contribution in [3.8, 4) is 0 Å². The predicted octanol–water partition coefficient (Wildman–Crippen LogP) is 11.8. The molecule has 0 amide bonds. The van der Waals surface area contributed by atoms with E-state index in [1.54, 1.807) is 32.1 Å². The van der Waals surface area contributed by atoms with Gasteiger partial charge in [0.2, 0.25) is 0 Å². The van der Waals surface area contributed by atoms with Gasteiger partial charge < -0.3 is 0 Å². The van der Waals surface area contributed by atoms with Crippen LogP contribution < -0.4 is 0 Å². The van der Waals surface area contributed by atoms with Crippen LogP contribution in [0.2, 0.25) is 0 Å². The zero-order valence-electron chi connectivity index (χ0n) is 33.4. The first kappa shape index (κ1) is 31.6. The molecular weight excluding hydrogens is 673 g/mol. The molecule has 0 radical (unpaired) electrons. The van der Waals surface area contributed by atoms with Gasteiger partial charge in [-0.1, -0.05) is 109 Å². The Bertz CT molecular complexity index is 1750. The highest BCUT2D eigenvalue weighted by Crippen LogP contribution is 2.88. The molecule has 4 unspecified atom stereocenters. The molecule has 4 atom stereocenters. The molecule has 0 aromatic heterocycles. The summed E-state index contributed by atoms with van der Waals surface area (Å²) in [6.07, 6.45) is 54.0. The van der Waals surface area contributed by atoms with Gasteiger partial charge in [-0.15, -0.1) is 0 Å². The van der Waals surface area contributed by atoms with Crippen molar-refractivity contribution >= 4 is 0 Å². The van der Waals surface area contributed by atoms with E-state index in [1.165, 1.54) is 125 Å². The van der Waals surface area contributed by atoms with Gasteiger partial charge in [-0.3, -0.25) is 0 Å². The minimum atomic E-state index is 0.810. The Hall–Kier alpha value is -2.34. The van der Waals surface area contributed by atoms with E-state index in [9.17, 15) is 0 Å². The van der Waals surface area contributed by atoms with Crippen molar-refractivity contribution in [1.29, 1.82) is 0 Å². The average molecular weight is 737 g/mol. The fourth-order valence-electron chi connectivity index (χ4n) is 21.8. The van der Waals surface area contributed by atoms with E-state index < -0.39 is 0 Å². The lowest BCUT2D eigenvalue weighted by Crippen LogP contribution is -2.27. The first-order valence-corrected chi connectivity index (χ1v) is 24.9. The van der Waals surface area contributed by atoms with Crippen molar-refractivity contribution in [1.82, 2.24) is 0 Å². The lowest BCUT2D eigenvalue weighted by Gasteiger charge is -2.31. The number of fused-ring (bicyclic) bond motifs is 14. The molecule has 16 saturated carbocycles. The smallest absolute Gasteiger partial charge is 0.00445 e. The SMILES string of the molecule is C1=CC2C3CC4C(C13)C24.C1=CC2C=CC1C2.C1=CC2C=CC1C2.C1=CC2CC1C1C2C2C3CC4C(C31)C42.C1=CC2CC1C1C2C2C3CC4C(C31)C42.C1=CCC=C1. The molecule has 56 heavy (non-hydrogen) atoms. The fraction of sp³-hybridized carbons (Fsp3) is 0.679. The second kappa shape index (κ2) is 10.9. The molecule has 0 heteroatoms. The van der Waals surface area contributed by atoms with Gasteiger partial charge in [0.1, 0.15) is 0 Å². The molecule has 0 nitrogen and oxygen atoms in total. The number of hydrogen-bond acceptors (Lipinski definition) is 0. The largest absolute Gasteiger partial charge is 0.0848 e. The summed E-state index contributed by atoms with van der Waals surface area (Å²) in [5, 5.41) is 0. The Balaban J connectivity index is 0.0000000662.